The molecule has 0 saturated carbocycles. The zero-order chi connectivity index (χ0) is 14.8. The first kappa shape index (κ1) is 14.6. The fourth-order valence-electron chi connectivity index (χ4n) is 2.87. The summed E-state index contributed by atoms with van der Waals surface area (Å²) in [4.78, 5) is 14.9. The van der Waals surface area contributed by atoms with Gasteiger partial charge in [0.2, 0.25) is 0 Å². The summed E-state index contributed by atoms with van der Waals surface area (Å²) >= 11 is 1.63. The number of nitrogens with two attached hydrogens (primary N) is 1. The molecule has 7 heteroatoms. The summed E-state index contributed by atoms with van der Waals surface area (Å²) in [7, 11) is 4.32. The summed E-state index contributed by atoms with van der Waals surface area (Å²) in [6.07, 6.45) is 2.41. The molecule has 1 aliphatic rings. The summed E-state index contributed by atoms with van der Waals surface area (Å²) < 4.78 is 0. The van der Waals surface area contributed by atoms with Crippen LogP contribution in [0.2, 0.25) is 0 Å². The van der Waals surface area contributed by atoms with Crippen LogP contribution < -0.4 is 11.3 Å². The Bertz CT molecular complexity index is 603. The van der Waals surface area contributed by atoms with Gasteiger partial charge in [-0.25, -0.2) is 15.8 Å². The second-order valence-corrected chi connectivity index (χ2v) is 6.64. The van der Waals surface area contributed by atoms with E-state index in [9.17, 15) is 0 Å². The molecular formula is C14H22N6S. The SMILES string of the molecule is CN(C)C1CCN(Cc2nc(NN)c3ccsc3n2)CC1. The van der Waals surface area contributed by atoms with E-state index in [1.54, 1.807) is 11.3 Å². The van der Waals surface area contributed by atoms with Crippen LogP contribution in [0.25, 0.3) is 10.2 Å². The summed E-state index contributed by atoms with van der Waals surface area (Å²) in [6.45, 7) is 2.99. The Hall–Kier alpha value is -1.28. The average Bonchev–Trinajstić information content (AvgIpc) is 2.95. The number of piperidine rings is 1. The highest BCUT2D eigenvalue weighted by molar-refractivity contribution is 7.16. The van der Waals surface area contributed by atoms with Crippen LogP contribution in [0.3, 0.4) is 0 Å². The first-order chi connectivity index (χ1) is 10.2. The first-order valence-electron chi connectivity index (χ1n) is 7.27. The van der Waals surface area contributed by atoms with Crippen molar-refractivity contribution in [2.24, 2.45) is 5.84 Å². The molecule has 0 aliphatic carbocycles. The van der Waals surface area contributed by atoms with Gasteiger partial charge in [0, 0.05) is 19.1 Å². The lowest BCUT2D eigenvalue weighted by atomic mass is 10.0. The molecule has 2 aromatic heterocycles. The maximum atomic E-state index is 5.57. The van der Waals surface area contributed by atoms with Gasteiger partial charge in [0.05, 0.1) is 11.9 Å². The van der Waals surface area contributed by atoms with E-state index in [-0.39, 0.29) is 0 Å². The number of fused-ring (bicyclic) bond motifs is 1. The largest absolute Gasteiger partial charge is 0.308 e. The molecule has 0 radical (unpaired) electrons. The van der Waals surface area contributed by atoms with Crippen molar-refractivity contribution in [2.75, 3.05) is 32.6 Å². The van der Waals surface area contributed by atoms with Crippen LogP contribution in [0.4, 0.5) is 5.82 Å². The van der Waals surface area contributed by atoms with Crippen LogP contribution in [0.15, 0.2) is 11.4 Å². The van der Waals surface area contributed by atoms with E-state index in [4.69, 9.17) is 5.84 Å². The molecule has 21 heavy (non-hydrogen) atoms. The minimum absolute atomic E-state index is 0.697. The van der Waals surface area contributed by atoms with Gasteiger partial charge < -0.3 is 10.3 Å². The van der Waals surface area contributed by atoms with Crippen molar-refractivity contribution in [3.63, 3.8) is 0 Å². The molecule has 0 unspecified atom stereocenters. The van der Waals surface area contributed by atoms with Crippen LogP contribution in [0.1, 0.15) is 18.7 Å². The molecule has 1 saturated heterocycles. The van der Waals surface area contributed by atoms with Gasteiger partial charge in [0.1, 0.15) is 10.7 Å². The zero-order valence-corrected chi connectivity index (χ0v) is 13.4. The van der Waals surface area contributed by atoms with E-state index in [1.165, 1.54) is 12.8 Å². The molecule has 0 aromatic carbocycles. The maximum Gasteiger partial charge on any atom is 0.152 e. The molecule has 0 spiro atoms. The van der Waals surface area contributed by atoms with E-state index in [2.05, 4.69) is 39.3 Å². The highest BCUT2D eigenvalue weighted by atomic mass is 32.1. The first-order valence-corrected chi connectivity index (χ1v) is 8.15. The minimum Gasteiger partial charge on any atom is -0.308 e. The lowest BCUT2D eigenvalue weighted by Crippen LogP contribution is -2.41. The van der Waals surface area contributed by atoms with Crippen LogP contribution in [0, 0.1) is 0 Å². The number of anilines is 1. The predicted octanol–water partition coefficient (Wildman–Crippen LogP) is 1.50. The van der Waals surface area contributed by atoms with Crippen molar-refractivity contribution < 1.29 is 0 Å². The Kier molecular flexibility index (Phi) is 4.34. The van der Waals surface area contributed by atoms with E-state index in [0.717, 1.165) is 41.5 Å². The summed E-state index contributed by atoms with van der Waals surface area (Å²) in [6, 6.07) is 2.70. The lowest BCUT2D eigenvalue weighted by Gasteiger charge is -2.34. The van der Waals surface area contributed by atoms with E-state index >= 15 is 0 Å². The van der Waals surface area contributed by atoms with Gasteiger partial charge in [0.25, 0.3) is 0 Å². The molecule has 0 amide bonds. The summed E-state index contributed by atoms with van der Waals surface area (Å²) in [5, 5.41) is 3.02. The molecule has 0 atom stereocenters. The number of likely N-dealkylation sites (tertiary alicyclic amines) is 1. The quantitative estimate of drug-likeness (QED) is 0.659. The number of nitrogens with zero attached hydrogens (tertiary/aromatic N) is 4. The Balaban J connectivity index is 1.71. The zero-order valence-electron chi connectivity index (χ0n) is 12.5. The number of hydrogen-bond acceptors (Lipinski definition) is 7. The van der Waals surface area contributed by atoms with Crippen LogP contribution >= 0.6 is 11.3 Å². The van der Waals surface area contributed by atoms with Crippen LogP contribution in [-0.4, -0.2) is 53.0 Å². The Morgan fingerprint density at radius 3 is 2.81 bits per heavy atom. The number of nitrogen functional groups attached to an aromatic ring is 1. The smallest absolute Gasteiger partial charge is 0.152 e. The highest BCUT2D eigenvalue weighted by Crippen LogP contribution is 2.25. The number of thiophene rings is 1. The fourth-order valence-corrected chi connectivity index (χ4v) is 3.66. The molecule has 3 rings (SSSR count). The van der Waals surface area contributed by atoms with Crippen LogP contribution in [0.5, 0.6) is 0 Å². The average molecular weight is 306 g/mol. The van der Waals surface area contributed by atoms with Crippen LogP contribution in [-0.2, 0) is 6.54 Å². The van der Waals surface area contributed by atoms with Crippen molar-refractivity contribution in [1.82, 2.24) is 19.8 Å². The second kappa shape index (κ2) is 6.23. The number of hydrogen-bond donors (Lipinski definition) is 2. The topological polar surface area (TPSA) is 70.3 Å². The third kappa shape index (κ3) is 3.16. The Morgan fingerprint density at radius 1 is 1.38 bits per heavy atom. The van der Waals surface area contributed by atoms with Crippen molar-refractivity contribution in [3.05, 3.63) is 17.3 Å². The molecule has 114 valence electrons. The summed E-state index contributed by atoms with van der Waals surface area (Å²) in [5.41, 5.74) is 2.69. The Morgan fingerprint density at radius 2 is 2.14 bits per heavy atom. The monoisotopic (exact) mass is 306 g/mol. The third-order valence-electron chi connectivity index (χ3n) is 4.16. The standard InChI is InChI=1S/C14H22N6S/c1-19(2)10-3-6-20(7-4-10)9-12-16-13(18-15)11-5-8-21-14(11)17-12/h5,8,10H,3-4,6-7,9,15H2,1-2H3,(H,16,17,18). The normalized spacial score (nSPS) is 17.7. The number of nitrogens with one attached hydrogen (secondary N) is 1. The fraction of sp³-hybridized carbons (Fsp3) is 0.571. The van der Waals surface area contributed by atoms with Gasteiger partial charge in [0.15, 0.2) is 5.82 Å². The van der Waals surface area contributed by atoms with Gasteiger partial charge >= 0.3 is 0 Å². The number of hydrazine groups is 1. The molecule has 1 aliphatic heterocycles. The van der Waals surface area contributed by atoms with Crippen molar-refractivity contribution >= 4 is 27.4 Å². The third-order valence-corrected chi connectivity index (χ3v) is 4.97. The van der Waals surface area contributed by atoms with Gasteiger partial charge in [-0.2, -0.15) is 0 Å². The van der Waals surface area contributed by atoms with E-state index in [0.29, 0.717) is 6.04 Å². The Labute approximate surface area is 128 Å². The summed E-state index contributed by atoms with van der Waals surface area (Å²) in [5.74, 6) is 7.14. The molecule has 3 N–H and O–H groups in total. The second-order valence-electron chi connectivity index (χ2n) is 5.74. The maximum absolute atomic E-state index is 5.57. The van der Waals surface area contributed by atoms with Crippen molar-refractivity contribution in [2.45, 2.75) is 25.4 Å². The highest BCUT2D eigenvalue weighted by Gasteiger charge is 2.21. The predicted molar refractivity (Wildman–Crippen MR) is 87.2 cm³/mol. The minimum atomic E-state index is 0.697. The molecule has 2 aromatic rings. The lowest BCUT2D eigenvalue weighted by molar-refractivity contribution is 0.138. The van der Waals surface area contributed by atoms with Gasteiger partial charge in [-0.15, -0.1) is 11.3 Å². The van der Waals surface area contributed by atoms with Crippen molar-refractivity contribution in [1.29, 1.82) is 0 Å². The van der Waals surface area contributed by atoms with Crippen molar-refractivity contribution in [3.8, 4) is 0 Å². The molecule has 3 heterocycles. The van der Waals surface area contributed by atoms with E-state index < -0.39 is 0 Å². The molecule has 1 fully saturated rings. The van der Waals surface area contributed by atoms with Gasteiger partial charge in [-0.05, 0) is 38.4 Å². The van der Waals surface area contributed by atoms with Gasteiger partial charge in [-0.1, -0.05) is 0 Å². The van der Waals surface area contributed by atoms with Gasteiger partial charge in [-0.3, -0.25) is 4.90 Å². The number of aromatic nitrogens is 2. The molecule has 6 nitrogen and oxygen atoms in total. The molecular weight excluding hydrogens is 284 g/mol. The number of rotatable bonds is 4. The molecule has 0 bridgehead atoms. The van der Waals surface area contributed by atoms with E-state index in [1.807, 2.05) is 11.4 Å².